The molecule has 0 saturated carbocycles. The molecule has 0 fully saturated rings. The smallest absolute Gasteiger partial charge is 0.313 e. The fourth-order valence-corrected chi connectivity index (χ4v) is 4.89. The van der Waals surface area contributed by atoms with E-state index in [1.807, 2.05) is 38.1 Å². The zero-order chi connectivity index (χ0) is 26.5. The van der Waals surface area contributed by atoms with Crippen LogP contribution in [-0.4, -0.2) is 44.3 Å². The molecule has 2 heterocycles. The number of Topliss-reactive ketones (excluding diaryl/α,β-unsaturated/α-hetero) is 1. The minimum Gasteiger partial charge on any atom is -0.466 e. The van der Waals surface area contributed by atoms with Gasteiger partial charge in [0.2, 0.25) is 5.13 Å². The predicted molar refractivity (Wildman–Crippen MR) is 142 cm³/mol. The van der Waals surface area contributed by atoms with Crippen LogP contribution in [-0.2, 0) is 14.3 Å². The predicted octanol–water partition coefficient (Wildman–Crippen LogP) is 5.70. The van der Waals surface area contributed by atoms with Gasteiger partial charge in [-0.05, 0) is 49.2 Å². The van der Waals surface area contributed by atoms with Crippen LogP contribution < -0.4 is 0 Å². The molecule has 0 bridgehead atoms. The van der Waals surface area contributed by atoms with Gasteiger partial charge in [-0.25, -0.2) is 14.1 Å². The highest BCUT2D eigenvalue weighted by Crippen LogP contribution is 2.36. The van der Waals surface area contributed by atoms with E-state index in [0.29, 0.717) is 10.8 Å². The molecule has 9 heteroatoms. The Morgan fingerprint density at radius 2 is 1.89 bits per heavy atom. The number of ketones is 1. The third kappa shape index (κ3) is 6.18. The maximum absolute atomic E-state index is 13.8. The summed E-state index contributed by atoms with van der Waals surface area (Å²) >= 11 is 1.49. The molecule has 0 radical (unpaired) electrons. The number of esters is 1. The molecule has 0 aliphatic heterocycles. The van der Waals surface area contributed by atoms with E-state index >= 15 is 0 Å². The van der Waals surface area contributed by atoms with Gasteiger partial charge >= 0.3 is 5.97 Å². The monoisotopic (exact) mass is 521 g/mol. The van der Waals surface area contributed by atoms with Crippen LogP contribution in [0.25, 0.3) is 32.7 Å². The number of nitrogens with zero attached hydrogens (tertiary/aromatic N) is 3. The summed E-state index contributed by atoms with van der Waals surface area (Å²) in [6.45, 7) is 5.88. The lowest BCUT2D eigenvalue weighted by atomic mass is 9.99. The highest BCUT2D eigenvalue weighted by molar-refractivity contribution is 7.20. The summed E-state index contributed by atoms with van der Waals surface area (Å²) in [6.07, 6.45) is 1.54. The number of benzene rings is 2. The van der Waals surface area contributed by atoms with Crippen LogP contribution in [0.3, 0.4) is 0 Å². The van der Waals surface area contributed by atoms with E-state index in [2.05, 4.69) is 0 Å². The lowest BCUT2D eigenvalue weighted by Gasteiger charge is -2.08. The van der Waals surface area contributed by atoms with Crippen LogP contribution in [0, 0.1) is 5.82 Å². The van der Waals surface area contributed by atoms with E-state index in [-0.39, 0.29) is 31.2 Å². The number of aromatic nitrogens is 3. The maximum Gasteiger partial charge on any atom is 0.313 e. The number of aliphatic hydroxyl groups excluding tert-OH is 1. The number of carbonyl (C=O) groups excluding carboxylic acids is 2. The van der Waals surface area contributed by atoms with Gasteiger partial charge < -0.3 is 9.84 Å². The zero-order valence-electron chi connectivity index (χ0n) is 20.8. The molecule has 7 nitrogen and oxygen atoms in total. The SMILES string of the molecule is CCOC(=O)CC(=O)CC(O)/C=C/c1c(C(C)C)nn(-c2nc3ccccc3s2)c1-c1ccc(F)cc1. The summed E-state index contributed by atoms with van der Waals surface area (Å²) < 4.78 is 21.3. The quantitative estimate of drug-likeness (QED) is 0.213. The van der Waals surface area contributed by atoms with Gasteiger partial charge in [0.05, 0.1) is 34.3 Å². The molecule has 1 atom stereocenters. The summed E-state index contributed by atoms with van der Waals surface area (Å²) in [5, 5.41) is 16.1. The number of carbonyl (C=O) groups is 2. The minimum atomic E-state index is -1.10. The first-order valence-electron chi connectivity index (χ1n) is 12.0. The lowest BCUT2D eigenvalue weighted by Crippen LogP contribution is -2.16. The van der Waals surface area contributed by atoms with Crippen LogP contribution in [0.2, 0.25) is 0 Å². The molecule has 0 aliphatic carbocycles. The first-order chi connectivity index (χ1) is 17.8. The number of halogens is 1. The third-order valence-corrected chi connectivity index (χ3v) is 6.66. The van der Waals surface area contributed by atoms with Crippen LogP contribution in [0.4, 0.5) is 4.39 Å². The van der Waals surface area contributed by atoms with Crippen LogP contribution in [0.15, 0.2) is 54.6 Å². The Labute approximate surface area is 218 Å². The van der Waals surface area contributed by atoms with Gasteiger partial charge in [0.25, 0.3) is 0 Å². The fraction of sp³-hybridized carbons (Fsp3) is 0.286. The van der Waals surface area contributed by atoms with Crippen LogP contribution in [0.5, 0.6) is 0 Å². The first-order valence-corrected chi connectivity index (χ1v) is 12.9. The van der Waals surface area contributed by atoms with Crippen molar-refractivity contribution in [1.82, 2.24) is 14.8 Å². The Morgan fingerprint density at radius 1 is 1.16 bits per heavy atom. The second-order valence-electron chi connectivity index (χ2n) is 8.84. The van der Waals surface area contributed by atoms with Gasteiger partial charge in [-0.2, -0.15) is 5.10 Å². The normalized spacial score (nSPS) is 12.5. The molecule has 37 heavy (non-hydrogen) atoms. The van der Waals surface area contributed by atoms with Crippen molar-refractivity contribution < 1.29 is 23.8 Å². The van der Waals surface area contributed by atoms with E-state index in [0.717, 1.165) is 27.0 Å². The van der Waals surface area contributed by atoms with Crippen LogP contribution in [0.1, 0.15) is 50.8 Å². The number of ether oxygens (including phenoxy) is 1. The minimum absolute atomic E-state index is 0.0251. The summed E-state index contributed by atoms with van der Waals surface area (Å²) in [5.74, 6) is -1.35. The Bertz CT molecular complexity index is 1410. The molecule has 2 aromatic heterocycles. The van der Waals surface area contributed by atoms with Gasteiger partial charge in [0.1, 0.15) is 18.0 Å². The van der Waals surface area contributed by atoms with E-state index in [1.54, 1.807) is 29.8 Å². The molecule has 0 aliphatic rings. The summed E-state index contributed by atoms with van der Waals surface area (Å²) in [4.78, 5) is 28.5. The molecule has 192 valence electrons. The maximum atomic E-state index is 13.8. The second kappa shape index (κ2) is 11.6. The van der Waals surface area contributed by atoms with Crippen molar-refractivity contribution in [2.24, 2.45) is 0 Å². The third-order valence-electron chi connectivity index (χ3n) is 5.65. The molecule has 4 rings (SSSR count). The highest BCUT2D eigenvalue weighted by Gasteiger charge is 2.23. The fourth-order valence-electron chi connectivity index (χ4n) is 3.97. The molecule has 0 spiro atoms. The Kier molecular flexibility index (Phi) is 8.25. The average Bonchev–Trinajstić information content (AvgIpc) is 3.45. The van der Waals surface area contributed by atoms with Crippen molar-refractivity contribution in [1.29, 1.82) is 0 Å². The van der Waals surface area contributed by atoms with Crippen LogP contribution >= 0.6 is 11.3 Å². The number of fused-ring (bicyclic) bond motifs is 1. The highest BCUT2D eigenvalue weighted by atomic mass is 32.1. The lowest BCUT2D eigenvalue weighted by molar-refractivity contribution is -0.145. The van der Waals surface area contributed by atoms with Crippen molar-refractivity contribution >= 4 is 39.4 Å². The van der Waals surface area contributed by atoms with Crippen molar-refractivity contribution in [3.8, 4) is 16.4 Å². The number of para-hydroxylation sites is 1. The molecule has 0 saturated heterocycles. The standard InChI is InChI=1S/C28H28FN3O4S/c1-4-36-25(35)16-21(34)15-20(33)13-14-22-26(17(2)3)31-32(27(22)18-9-11-19(29)12-10-18)28-30-23-7-5-6-8-24(23)37-28/h5-14,17,20,33H,4,15-16H2,1-3H3/b14-13+. The molecule has 1 unspecified atom stereocenters. The van der Waals surface area contributed by atoms with Gasteiger partial charge in [0, 0.05) is 17.5 Å². The largest absolute Gasteiger partial charge is 0.466 e. The van der Waals surface area contributed by atoms with E-state index in [4.69, 9.17) is 14.8 Å². The topological polar surface area (TPSA) is 94.3 Å². The molecular weight excluding hydrogens is 493 g/mol. The number of rotatable bonds is 10. The molecular formula is C28H28FN3O4S. The van der Waals surface area contributed by atoms with Gasteiger partial charge in [-0.15, -0.1) is 0 Å². The van der Waals surface area contributed by atoms with Crippen molar-refractivity contribution in [3.63, 3.8) is 0 Å². The van der Waals surface area contributed by atoms with Crippen molar-refractivity contribution in [2.75, 3.05) is 6.61 Å². The van der Waals surface area contributed by atoms with Gasteiger partial charge in [-0.1, -0.05) is 49.5 Å². The van der Waals surface area contributed by atoms with E-state index in [9.17, 15) is 19.1 Å². The summed E-state index contributed by atoms with van der Waals surface area (Å²) in [5.41, 5.74) is 3.77. The van der Waals surface area contributed by atoms with E-state index in [1.165, 1.54) is 29.5 Å². The number of thiazole rings is 1. The molecule has 4 aromatic rings. The zero-order valence-corrected chi connectivity index (χ0v) is 21.7. The molecule has 1 N–H and O–H groups in total. The van der Waals surface area contributed by atoms with Crippen molar-refractivity contribution in [3.05, 3.63) is 71.7 Å². The summed E-state index contributed by atoms with van der Waals surface area (Å²) in [6, 6.07) is 13.9. The number of hydrogen-bond donors (Lipinski definition) is 1. The molecule has 2 aromatic carbocycles. The van der Waals surface area contributed by atoms with Crippen molar-refractivity contribution in [2.45, 2.75) is 45.6 Å². The Balaban J connectivity index is 1.75. The second-order valence-corrected chi connectivity index (χ2v) is 9.85. The Hall–Kier alpha value is -3.69. The van der Waals surface area contributed by atoms with Gasteiger partial charge in [0.15, 0.2) is 0 Å². The first kappa shape index (κ1) is 26.4. The molecule has 0 amide bonds. The van der Waals surface area contributed by atoms with E-state index < -0.39 is 17.9 Å². The Morgan fingerprint density at radius 3 is 2.57 bits per heavy atom. The van der Waals surface area contributed by atoms with Gasteiger partial charge in [-0.3, -0.25) is 9.59 Å². The summed E-state index contributed by atoms with van der Waals surface area (Å²) in [7, 11) is 0. The number of aliphatic hydroxyl groups is 1. The number of hydrogen-bond acceptors (Lipinski definition) is 7. The average molecular weight is 522 g/mol.